The zero-order valence-corrected chi connectivity index (χ0v) is 10.3. The first-order valence-corrected chi connectivity index (χ1v) is 5.95. The molecular weight excluding hydrogens is 266 g/mol. The quantitative estimate of drug-likeness (QED) is 0.252. The Labute approximate surface area is 109 Å². The summed E-state index contributed by atoms with van der Waals surface area (Å²) in [4.78, 5) is 10.8. The molecule has 0 aliphatic carbocycles. The van der Waals surface area contributed by atoms with E-state index in [4.69, 9.17) is 14.9 Å². The second-order valence-corrected chi connectivity index (χ2v) is 4.36. The molecule has 0 saturated carbocycles. The number of carboxylic acid groups (broad SMARTS) is 1. The van der Waals surface area contributed by atoms with Crippen LogP contribution in [-0.4, -0.2) is 80.5 Å². The van der Waals surface area contributed by atoms with Crippen LogP contribution in [0.3, 0.4) is 0 Å². The van der Waals surface area contributed by atoms with Gasteiger partial charge in [-0.15, -0.1) is 0 Å². The van der Waals surface area contributed by atoms with E-state index >= 15 is 0 Å². The van der Waals surface area contributed by atoms with E-state index in [1.165, 1.54) is 0 Å². The van der Waals surface area contributed by atoms with Crippen molar-refractivity contribution in [3.63, 3.8) is 0 Å². The molecule has 1 aliphatic heterocycles. The molecule has 1 saturated heterocycles. The molecule has 0 aromatic rings. The van der Waals surface area contributed by atoms with Crippen molar-refractivity contribution in [1.29, 1.82) is 0 Å². The third-order valence-electron chi connectivity index (χ3n) is 2.71. The number of hydrogen-bond donors (Lipinski definition) is 7. The normalized spacial score (nSPS) is 35.4. The second-order valence-electron chi connectivity index (χ2n) is 3.99. The largest absolute Gasteiger partial charge is 0.480 e. The molecule has 6 N–H and O–H groups in total. The third-order valence-corrected chi connectivity index (χ3v) is 3.08. The SMILES string of the molecule is O=C(O)[C@H](CS)NC1O[C@@H]([C@H](O)CO)[C@H](O)[C@H]1O. The van der Waals surface area contributed by atoms with E-state index in [0.29, 0.717) is 0 Å². The summed E-state index contributed by atoms with van der Waals surface area (Å²) in [7, 11) is 0. The molecule has 106 valence electrons. The van der Waals surface area contributed by atoms with Crippen molar-refractivity contribution in [2.45, 2.75) is 36.7 Å². The first-order valence-electron chi connectivity index (χ1n) is 5.32. The Morgan fingerprint density at radius 1 is 1.39 bits per heavy atom. The topological polar surface area (TPSA) is 139 Å². The van der Waals surface area contributed by atoms with Crippen molar-refractivity contribution in [3.05, 3.63) is 0 Å². The summed E-state index contributed by atoms with van der Waals surface area (Å²) in [5.74, 6) is -1.22. The maximum Gasteiger partial charge on any atom is 0.321 e. The Bertz CT molecular complexity index is 292. The average Bonchev–Trinajstić information content (AvgIpc) is 2.62. The summed E-state index contributed by atoms with van der Waals surface area (Å²) >= 11 is 3.83. The molecule has 1 unspecified atom stereocenters. The van der Waals surface area contributed by atoms with Gasteiger partial charge in [0.1, 0.15) is 36.7 Å². The number of carbonyl (C=O) groups is 1. The summed E-state index contributed by atoms with van der Waals surface area (Å²) in [5.41, 5.74) is 0. The van der Waals surface area contributed by atoms with Gasteiger partial charge in [-0.25, -0.2) is 0 Å². The van der Waals surface area contributed by atoms with E-state index in [9.17, 15) is 20.1 Å². The molecule has 0 amide bonds. The monoisotopic (exact) mass is 283 g/mol. The highest BCUT2D eigenvalue weighted by molar-refractivity contribution is 7.80. The molecule has 0 aromatic carbocycles. The Morgan fingerprint density at radius 3 is 2.44 bits per heavy atom. The van der Waals surface area contributed by atoms with Gasteiger partial charge in [-0.05, 0) is 0 Å². The summed E-state index contributed by atoms with van der Waals surface area (Å²) in [6, 6.07) is -1.06. The molecule has 8 nitrogen and oxygen atoms in total. The maximum absolute atomic E-state index is 10.8. The van der Waals surface area contributed by atoms with Gasteiger partial charge < -0.3 is 30.3 Å². The van der Waals surface area contributed by atoms with Crippen molar-refractivity contribution in [2.24, 2.45) is 0 Å². The van der Waals surface area contributed by atoms with Gasteiger partial charge in [0, 0.05) is 5.75 Å². The minimum absolute atomic E-state index is 0.0365. The van der Waals surface area contributed by atoms with E-state index in [2.05, 4.69) is 17.9 Å². The van der Waals surface area contributed by atoms with Gasteiger partial charge in [-0.2, -0.15) is 12.6 Å². The van der Waals surface area contributed by atoms with Gasteiger partial charge in [0.2, 0.25) is 0 Å². The number of ether oxygens (including phenoxy) is 1. The van der Waals surface area contributed by atoms with Gasteiger partial charge in [-0.3, -0.25) is 10.1 Å². The standard InChI is InChI=1S/C9H17NO7S/c11-1-4(12)7-5(13)6(14)8(17-7)10-3(2-18)9(15)16/h3-8,10-14,18H,1-2H2,(H,15,16)/t3-,4+,5+,6+,7-,8?/m0/s1. The maximum atomic E-state index is 10.8. The van der Waals surface area contributed by atoms with Crippen molar-refractivity contribution in [2.75, 3.05) is 12.4 Å². The first kappa shape index (κ1) is 15.6. The van der Waals surface area contributed by atoms with Crippen LogP contribution in [0.15, 0.2) is 0 Å². The summed E-state index contributed by atoms with van der Waals surface area (Å²) in [6.07, 6.45) is -6.52. The van der Waals surface area contributed by atoms with Crippen LogP contribution < -0.4 is 5.32 Å². The lowest BCUT2D eigenvalue weighted by molar-refractivity contribution is -0.141. The molecule has 9 heteroatoms. The third kappa shape index (κ3) is 3.32. The van der Waals surface area contributed by atoms with E-state index < -0.39 is 49.3 Å². The summed E-state index contributed by atoms with van der Waals surface area (Å²) in [5, 5.41) is 48.6. The Kier molecular flexibility index (Phi) is 5.79. The highest BCUT2D eigenvalue weighted by atomic mass is 32.1. The number of aliphatic carboxylic acids is 1. The number of aliphatic hydroxyl groups excluding tert-OH is 4. The molecular formula is C9H17NO7S. The summed E-state index contributed by atoms with van der Waals surface area (Å²) < 4.78 is 5.10. The highest BCUT2D eigenvalue weighted by Crippen LogP contribution is 2.22. The zero-order valence-electron chi connectivity index (χ0n) is 9.38. The van der Waals surface area contributed by atoms with Crippen LogP contribution in [0.1, 0.15) is 0 Å². The average molecular weight is 283 g/mol. The van der Waals surface area contributed by atoms with Crippen LogP contribution in [0.5, 0.6) is 0 Å². The number of aliphatic hydroxyl groups is 4. The number of rotatable bonds is 6. The van der Waals surface area contributed by atoms with Crippen molar-refractivity contribution in [1.82, 2.24) is 5.32 Å². The van der Waals surface area contributed by atoms with Crippen LogP contribution in [0, 0.1) is 0 Å². The van der Waals surface area contributed by atoms with Crippen LogP contribution in [0.4, 0.5) is 0 Å². The predicted octanol–water partition coefficient (Wildman–Crippen LogP) is -3.24. The molecule has 1 fully saturated rings. The van der Waals surface area contributed by atoms with E-state index in [-0.39, 0.29) is 5.75 Å². The molecule has 18 heavy (non-hydrogen) atoms. The fourth-order valence-corrected chi connectivity index (χ4v) is 1.93. The molecule has 1 aliphatic rings. The molecule has 1 heterocycles. The van der Waals surface area contributed by atoms with E-state index in [0.717, 1.165) is 0 Å². The van der Waals surface area contributed by atoms with Crippen molar-refractivity contribution >= 4 is 18.6 Å². The first-order chi connectivity index (χ1) is 8.42. The van der Waals surface area contributed by atoms with Gasteiger partial charge in [0.05, 0.1) is 6.61 Å². The number of carboxylic acids is 1. The lowest BCUT2D eigenvalue weighted by Crippen LogP contribution is -2.49. The smallest absolute Gasteiger partial charge is 0.321 e. The van der Waals surface area contributed by atoms with Gasteiger partial charge in [0.25, 0.3) is 0 Å². The Balaban J connectivity index is 2.66. The fourth-order valence-electron chi connectivity index (χ4n) is 1.66. The van der Waals surface area contributed by atoms with E-state index in [1.807, 2.05) is 0 Å². The predicted molar refractivity (Wildman–Crippen MR) is 62.2 cm³/mol. The Morgan fingerprint density at radius 2 is 2.00 bits per heavy atom. The molecule has 0 bridgehead atoms. The molecule has 1 rings (SSSR count). The van der Waals surface area contributed by atoms with E-state index in [1.54, 1.807) is 0 Å². The van der Waals surface area contributed by atoms with Crippen LogP contribution in [0.25, 0.3) is 0 Å². The number of thiol groups is 1. The fraction of sp³-hybridized carbons (Fsp3) is 0.889. The molecule has 0 radical (unpaired) electrons. The summed E-state index contributed by atoms with van der Waals surface area (Å²) in [6.45, 7) is -0.643. The molecule has 6 atom stereocenters. The zero-order chi connectivity index (χ0) is 13.9. The van der Waals surface area contributed by atoms with Crippen LogP contribution >= 0.6 is 12.6 Å². The van der Waals surface area contributed by atoms with Crippen LogP contribution in [0.2, 0.25) is 0 Å². The molecule has 0 spiro atoms. The minimum Gasteiger partial charge on any atom is -0.480 e. The van der Waals surface area contributed by atoms with Gasteiger partial charge in [0.15, 0.2) is 0 Å². The lowest BCUT2D eigenvalue weighted by atomic mass is 10.1. The van der Waals surface area contributed by atoms with Gasteiger partial charge in [-0.1, -0.05) is 0 Å². The van der Waals surface area contributed by atoms with Crippen molar-refractivity contribution in [3.8, 4) is 0 Å². The number of hydrogen-bond acceptors (Lipinski definition) is 8. The highest BCUT2D eigenvalue weighted by Gasteiger charge is 2.46. The van der Waals surface area contributed by atoms with Gasteiger partial charge >= 0.3 is 5.97 Å². The Hall–Kier alpha value is -0.420. The minimum atomic E-state index is -1.42. The van der Waals surface area contributed by atoms with Crippen molar-refractivity contribution < 1.29 is 35.1 Å². The number of nitrogens with one attached hydrogen (secondary N) is 1. The molecule has 0 aromatic heterocycles. The second kappa shape index (κ2) is 6.66. The lowest BCUT2D eigenvalue weighted by Gasteiger charge is -2.21. The van der Waals surface area contributed by atoms with Crippen LogP contribution in [-0.2, 0) is 9.53 Å².